The number of nitrogens with zero attached hydrogens (tertiary/aromatic N) is 1. The molecular formula is C14H20N2OS. The minimum Gasteiger partial charge on any atom is -0.396 e. The highest BCUT2D eigenvalue weighted by atomic mass is 32.1. The summed E-state index contributed by atoms with van der Waals surface area (Å²) in [6, 6.07) is 2.16. The Labute approximate surface area is 113 Å². The number of nitrogens with two attached hydrogens (primary N) is 1. The van der Waals surface area contributed by atoms with E-state index in [1.165, 1.54) is 4.88 Å². The molecule has 1 fully saturated rings. The third-order valence-electron chi connectivity index (χ3n) is 3.33. The number of piperidine rings is 1. The number of hydrogen-bond acceptors (Lipinski definition) is 4. The quantitative estimate of drug-likeness (QED) is 0.808. The molecule has 0 unspecified atom stereocenters. The van der Waals surface area contributed by atoms with Crippen molar-refractivity contribution >= 4 is 11.3 Å². The lowest BCUT2D eigenvalue weighted by Crippen LogP contribution is -2.34. The average molecular weight is 264 g/mol. The zero-order valence-electron chi connectivity index (χ0n) is 10.6. The Morgan fingerprint density at radius 3 is 2.89 bits per heavy atom. The second-order valence-corrected chi connectivity index (χ2v) is 5.71. The van der Waals surface area contributed by atoms with Gasteiger partial charge in [-0.3, -0.25) is 4.90 Å². The minimum absolute atomic E-state index is 0.339. The number of likely N-dealkylation sites (tertiary alicyclic amines) is 1. The lowest BCUT2D eigenvalue weighted by atomic mass is 9.98. The van der Waals surface area contributed by atoms with Crippen molar-refractivity contribution in [3.63, 3.8) is 0 Å². The van der Waals surface area contributed by atoms with Crippen LogP contribution in [0.3, 0.4) is 0 Å². The molecule has 3 N–H and O–H groups in total. The monoisotopic (exact) mass is 264 g/mol. The van der Waals surface area contributed by atoms with Crippen molar-refractivity contribution in [1.29, 1.82) is 0 Å². The number of thiophene rings is 1. The molecule has 2 heterocycles. The maximum Gasteiger partial charge on any atom is 0.0555 e. The van der Waals surface area contributed by atoms with E-state index in [0.717, 1.165) is 38.0 Å². The highest BCUT2D eigenvalue weighted by Crippen LogP contribution is 2.21. The SMILES string of the molecule is NCC#Cc1csc(CN2CCC(CO)CC2)c1. The second kappa shape index (κ2) is 6.91. The first-order valence-corrected chi connectivity index (χ1v) is 7.29. The van der Waals surface area contributed by atoms with Crippen molar-refractivity contribution in [2.24, 2.45) is 11.7 Å². The zero-order chi connectivity index (χ0) is 12.8. The van der Waals surface area contributed by atoms with Crippen LogP contribution in [0.4, 0.5) is 0 Å². The van der Waals surface area contributed by atoms with E-state index in [2.05, 4.69) is 28.2 Å². The van der Waals surface area contributed by atoms with Crippen LogP contribution in [0.5, 0.6) is 0 Å². The molecule has 4 heteroatoms. The van der Waals surface area contributed by atoms with Gasteiger partial charge in [-0.1, -0.05) is 11.8 Å². The van der Waals surface area contributed by atoms with E-state index in [0.29, 0.717) is 19.1 Å². The van der Waals surface area contributed by atoms with Crippen LogP contribution in [0.1, 0.15) is 23.3 Å². The number of hydrogen-bond donors (Lipinski definition) is 2. The predicted octanol–water partition coefficient (Wildman–Crippen LogP) is 1.26. The van der Waals surface area contributed by atoms with Gasteiger partial charge >= 0.3 is 0 Å². The van der Waals surface area contributed by atoms with Gasteiger partial charge in [0.05, 0.1) is 6.54 Å². The number of aliphatic hydroxyl groups excluding tert-OH is 1. The third kappa shape index (κ3) is 3.82. The van der Waals surface area contributed by atoms with Crippen LogP contribution >= 0.6 is 11.3 Å². The van der Waals surface area contributed by atoms with Crippen LogP contribution in [0.15, 0.2) is 11.4 Å². The van der Waals surface area contributed by atoms with E-state index in [1.807, 2.05) is 0 Å². The first kappa shape index (κ1) is 13.6. The Morgan fingerprint density at radius 2 is 2.22 bits per heavy atom. The summed E-state index contributed by atoms with van der Waals surface area (Å²) in [5.74, 6) is 6.45. The minimum atomic E-state index is 0.339. The second-order valence-electron chi connectivity index (χ2n) is 4.71. The summed E-state index contributed by atoms with van der Waals surface area (Å²) in [5.41, 5.74) is 6.43. The van der Waals surface area contributed by atoms with Crippen LogP contribution in [-0.4, -0.2) is 36.2 Å². The molecule has 1 aromatic heterocycles. The molecular weight excluding hydrogens is 244 g/mol. The molecule has 0 radical (unpaired) electrons. The Bertz CT molecular complexity index is 424. The van der Waals surface area contributed by atoms with E-state index in [-0.39, 0.29) is 0 Å². The summed E-state index contributed by atoms with van der Waals surface area (Å²) < 4.78 is 0. The molecule has 0 spiro atoms. The van der Waals surface area contributed by atoms with Gasteiger partial charge in [0.1, 0.15) is 0 Å². The molecule has 0 atom stereocenters. The highest BCUT2D eigenvalue weighted by molar-refractivity contribution is 7.10. The van der Waals surface area contributed by atoms with E-state index < -0.39 is 0 Å². The lowest BCUT2D eigenvalue weighted by Gasteiger charge is -2.30. The van der Waals surface area contributed by atoms with Crippen LogP contribution < -0.4 is 5.73 Å². The summed E-state index contributed by atoms with van der Waals surface area (Å²) in [6.07, 6.45) is 2.23. The van der Waals surface area contributed by atoms with E-state index in [4.69, 9.17) is 10.8 Å². The fourth-order valence-electron chi connectivity index (χ4n) is 2.23. The third-order valence-corrected chi connectivity index (χ3v) is 4.25. The normalized spacial score (nSPS) is 17.4. The summed E-state index contributed by atoms with van der Waals surface area (Å²) in [7, 11) is 0. The first-order chi connectivity index (χ1) is 8.81. The largest absolute Gasteiger partial charge is 0.396 e. The van der Waals surface area contributed by atoms with E-state index in [9.17, 15) is 0 Å². The highest BCUT2D eigenvalue weighted by Gasteiger charge is 2.18. The molecule has 98 valence electrons. The van der Waals surface area contributed by atoms with Gasteiger partial charge in [0.15, 0.2) is 0 Å². The zero-order valence-corrected chi connectivity index (χ0v) is 11.4. The molecule has 0 aromatic carbocycles. The van der Waals surface area contributed by atoms with Gasteiger partial charge in [0, 0.05) is 29.0 Å². The van der Waals surface area contributed by atoms with Crippen LogP contribution in [0.2, 0.25) is 0 Å². The Balaban J connectivity index is 1.85. The summed E-state index contributed by atoms with van der Waals surface area (Å²) in [5, 5.41) is 11.2. The molecule has 0 aliphatic carbocycles. The van der Waals surface area contributed by atoms with E-state index >= 15 is 0 Å². The first-order valence-electron chi connectivity index (χ1n) is 6.41. The summed E-state index contributed by atoms with van der Waals surface area (Å²) >= 11 is 1.77. The molecule has 1 saturated heterocycles. The van der Waals surface area contributed by atoms with Crippen molar-refractivity contribution in [1.82, 2.24) is 4.90 Å². The van der Waals surface area contributed by atoms with Crippen LogP contribution in [0.25, 0.3) is 0 Å². The van der Waals surface area contributed by atoms with Gasteiger partial charge < -0.3 is 10.8 Å². The molecule has 0 bridgehead atoms. The van der Waals surface area contributed by atoms with Crippen LogP contribution in [-0.2, 0) is 6.54 Å². The maximum absolute atomic E-state index is 9.11. The molecule has 1 aliphatic rings. The van der Waals surface area contributed by atoms with Gasteiger partial charge in [-0.25, -0.2) is 0 Å². The predicted molar refractivity (Wildman–Crippen MR) is 75.3 cm³/mol. The number of rotatable bonds is 3. The van der Waals surface area contributed by atoms with Crippen molar-refractivity contribution in [2.75, 3.05) is 26.2 Å². The van der Waals surface area contributed by atoms with Crippen molar-refractivity contribution in [3.05, 3.63) is 21.9 Å². The Hall–Kier alpha value is -0.860. The smallest absolute Gasteiger partial charge is 0.0555 e. The molecule has 0 amide bonds. The molecule has 0 saturated carbocycles. The van der Waals surface area contributed by atoms with E-state index in [1.54, 1.807) is 11.3 Å². The molecule has 3 nitrogen and oxygen atoms in total. The van der Waals surface area contributed by atoms with Gasteiger partial charge in [0.2, 0.25) is 0 Å². The lowest BCUT2D eigenvalue weighted by molar-refractivity contribution is 0.128. The van der Waals surface area contributed by atoms with Crippen molar-refractivity contribution in [2.45, 2.75) is 19.4 Å². The number of aliphatic hydroxyl groups is 1. The molecule has 2 rings (SSSR count). The van der Waals surface area contributed by atoms with Gasteiger partial charge in [0.25, 0.3) is 0 Å². The van der Waals surface area contributed by atoms with Gasteiger partial charge in [-0.2, -0.15) is 0 Å². The van der Waals surface area contributed by atoms with Crippen LogP contribution in [0, 0.1) is 17.8 Å². The summed E-state index contributed by atoms with van der Waals surface area (Å²) in [4.78, 5) is 3.82. The standard InChI is InChI=1S/C14H20N2OS/c15-5-1-2-13-8-14(18-11-13)9-16-6-3-12(10-17)4-7-16/h8,11-12,17H,3-7,9-10,15H2. The van der Waals surface area contributed by atoms with Gasteiger partial charge in [-0.05, 0) is 37.9 Å². The van der Waals surface area contributed by atoms with Gasteiger partial charge in [-0.15, -0.1) is 11.3 Å². The van der Waals surface area contributed by atoms with Crippen molar-refractivity contribution < 1.29 is 5.11 Å². The topological polar surface area (TPSA) is 49.5 Å². The summed E-state index contributed by atoms with van der Waals surface area (Å²) in [6.45, 7) is 3.94. The maximum atomic E-state index is 9.11. The van der Waals surface area contributed by atoms with Crippen molar-refractivity contribution in [3.8, 4) is 11.8 Å². The molecule has 1 aliphatic heterocycles. The molecule has 18 heavy (non-hydrogen) atoms. The Morgan fingerprint density at radius 1 is 1.44 bits per heavy atom. The fourth-order valence-corrected chi connectivity index (χ4v) is 3.09. The molecule has 1 aromatic rings. The fraction of sp³-hybridized carbons (Fsp3) is 0.571. The average Bonchev–Trinajstić information content (AvgIpc) is 2.85. The Kier molecular flexibility index (Phi) is 5.21.